The van der Waals surface area contributed by atoms with Crippen molar-refractivity contribution in [3.63, 3.8) is 0 Å². The maximum Gasteiger partial charge on any atom is 0.0570 e. The molecule has 1 aromatic rings. The van der Waals surface area contributed by atoms with Crippen LogP contribution in [0.15, 0.2) is 24.4 Å². The van der Waals surface area contributed by atoms with Crippen LogP contribution in [-0.2, 0) is 0 Å². The highest BCUT2D eigenvalue weighted by Crippen LogP contribution is 2.11. The van der Waals surface area contributed by atoms with Gasteiger partial charge in [0.15, 0.2) is 0 Å². The quantitative estimate of drug-likeness (QED) is 0.773. The molecule has 0 fully saturated rings. The number of nitrogens with one attached hydrogen (secondary N) is 1. The Hall–Kier alpha value is -0.890. The average Bonchev–Trinajstić information content (AvgIpc) is 2.31. The van der Waals surface area contributed by atoms with E-state index in [0.717, 1.165) is 18.2 Å². The molecule has 2 nitrogen and oxygen atoms in total. The number of rotatable bonds is 6. The highest BCUT2D eigenvalue weighted by molar-refractivity contribution is 5.07. The Bertz CT molecular complexity index is 254. The van der Waals surface area contributed by atoms with Gasteiger partial charge in [-0.2, -0.15) is 0 Å². The molecule has 84 valence electrons. The van der Waals surface area contributed by atoms with Crippen LogP contribution >= 0.6 is 0 Å². The van der Waals surface area contributed by atoms with Crippen molar-refractivity contribution in [3.8, 4) is 0 Å². The van der Waals surface area contributed by atoms with Gasteiger partial charge >= 0.3 is 0 Å². The second-order valence-electron chi connectivity index (χ2n) is 4.07. The van der Waals surface area contributed by atoms with Crippen molar-refractivity contribution in [1.29, 1.82) is 0 Å². The van der Waals surface area contributed by atoms with Crippen molar-refractivity contribution in [2.24, 2.45) is 5.92 Å². The fraction of sp³-hybridized carbons (Fsp3) is 0.615. The molecule has 0 aliphatic heterocycles. The molecular weight excluding hydrogens is 184 g/mol. The maximum atomic E-state index is 4.35. The van der Waals surface area contributed by atoms with Crippen molar-refractivity contribution in [2.75, 3.05) is 6.54 Å². The summed E-state index contributed by atoms with van der Waals surface area (Å²) in [6.07, 6.45) is 4.35. The van der Waals surface area contributed by atoms with Crippen molar-refractivity contribution >= 4 is 0 Å². The minimum atomic E-state index is 0.354. The van der Waals surface area contributed by atoms with Crippen LogP contribution in [-0.4, -0.2) is 11.5 Å². The molecular formula is C13H22N2. The maximum absolute atomic E-state index is 4.35. The van der Waals surface area contributed by atoms with Gasteiger partial charge in [0.05, 0.1) is 5.69 Å². The van der Waals surface area contributed by atoms with Crippen LogP contribution in [0.25, 0.3) is 0 Å². The van der Waals surface area contributed by atoms with Gasteiger partial charge in [-0.1, -0.05) is 32.8 Å². The van der Waals surface area contributed by atoms with E-state index in [1.165, 1.54) is 12.8 Å². The summed E-state index contributed by atoms with van der Waals surface area (Å²) < 4.78 is 0. The molecule has 0 aromatic carbocycles. The normalized spacial score (nSPS) is 13.1. The van der Waals surface area contributed by atoms with E-state index in [2.05, 4.69) is 37.1 Å². The molecule has 0 radical (unpaired) electrons. The summed E-state index contributed by atoms with van der Waals surface area (Å²) in [5.74, 6) is 0.788. The lowest BCUT2D eigenvalue weighted by molar-refractivity contribution is 0.419. The summed E-state index contributed by atoms with van der Waals surface area (Å²) in [6.45, 7) is 7.76. The van der Waals surface area contributed by atoms with Gasteiger partial charge in [0, 0.05) is 12.2 Å². The fourth-order valence-corrected chi connectivity index (χ4v) is 1.66. The number of hydrogen-bond donors (Lipinski definition) is 1. The molecule has 1 aromatic heterocycles. The Balaban J connectivity index is 2.39. The molecule has 0 aliphatic carbocycles. The standard InChI is InChI=1S/C13H22N2/c1-4-12(5-2)10-15-11(3)13-8-6-7-9-14-13/h6-9,11-12,15H,4-5,10H2,1-3H3/t11-/m1/s1. The number of nitrogens with zero attached hydrogens (tertiary/aromatic N) is 1. The van der Waals surface area contributed by atoms with Gasteiger partial charge in [0.25, 0.3) is 0 Å². The smallest absolute Gasteiger partial charge is 0.0570 e. The van der Waals surface area contributed by atoms with E-state index in [1.54, 1.807) is 0 Å². The SMILES string of the molecule is CCC(CC)CN[C@H](C)c1ccccn1. The van der Waals surface area contributed by atoms with Crippen LogP contribution in [0, 0.1) is 5.92 Å². The first-order valence-electron chi connectivity index (χ1n) is 5.92. The Labute approximate surface area is 93.1 Å². The number of aromatic nitrogens is 1. The summed E-state index contributed by atoms with van der Waals surface area (Å²) in [5, 5.41) is 3.54. The van der Waals surface area contributed by atoms with Crippen LogP contribution < -0.4 is 5.32 Å². The summed E-state index contributed by atoms with van der Waals surface area (Å²) in [5.41, 5.74) is 1.13. The van der Waals surface area contributed by atoms with E-state index in [4.69, 9.17) is 0 Å². The van der Waals surface area contributed by atoms with E-state index in [-0.39, 0.29) is 0 Å². The van der Waals surface area contributed by atoms with Crippen LogP contribution in [0.1, 0.15) is 45.3 Å². The fourth-order valence-electron chi connectivity index (χ4n) is 1.66. The second-order valence-corrected chi connectivity index (χ2v) is 4.07. The minimum absolute atomic E-state index is 0.354. The van der Waals surface area contributed by atoms with Gasteiger partial charge in [-0.05, 0) is 31.5 Å². The third-order valence-corrected chi connectivity index (χ3v) is 3.00. The summed E-state index contributed by atoms with van der Waals surface area (Å²) in [6, 6.07) is 6.42. The molecule has 0 spiro atoms. The van der Waals surface area contributed by atoms with Gasteiger partial charge in [0.2, 0.25) is 0 Å². The third-order valence-electron chi connectivity index (χ3n) is 3.00. The van der Waals surface area contributed by atoms with E-state index in [9.17, 15) is 0 Å². The molecule has 1 N–H and O–H groups in total. The van der Waals surface area contributed by atoms with Gasteiger partial charge < -0.3 is 5.32 Å². The molecule has 2 heteroatoms. The molecule has 1 atom stereocenters. The molecule has 0 amide bonds. The first kappa shape index (κ1) is 12.2. The second kappa shape index (κ2) is 6.57. The largest absolute Gasteiger partial charge is 0.309 e. The molecule has 0 unspecified atom stereocenters. The van der Waals surface area contributed by atoms with Gasteiger partial charge in [-0.3, -0.25) is 4.98 Å². The molecule has 15 heavy (non-hydrogen) atoms. The highest BCUT2D eigenvalue weighted by Gasteiger charge is 2.08. The Morgan fingerprint density at radius 2 is 2.00 bits per heavy atom. The lowest BCUT2D eigenvalue weighted by atomic mass is 10.0. The molecule has 0 saturated carbocycles. The zero-order valence-electron chi connectivity index (χ0n) is 10.0. The van der Waals surface area contributed by atoms with E-state index in [0.29, 0.717) is 6.04 Å². The zero-order chi connectivity index (χ0) is 11.1. The molecule has 0 bridgehead atoms. The number of pyridine rings is 1. The van der Waals surface area contributed by atoms with Crippen molar-refractivity contribution < 1.29 is 0 Å². The van der Waals surface area contributed by atoms with E-state index < -0.39 is 0 Å². The van der Waals surface area contributed by atoms with Crippen molar-refractivity contribution in [1.82, 2.24) is 10.3 Å². The third kappa shape index (κ3) is 4.00. The average molecular weight is 206 g/mol. The topological polar surface area (TPSA) is 24.9 Å². The van der Waals surface area contributed by atoms with E-state index >= 15 is 0 Å². The van der Waals surface area contributed by atoms with Crippen LogP contribution in [0.4, 0.5) is 0 Å². The Morgan fingerprint density at radius 3 is 2.53 bits per heavy atom. The van der Waals surface area contributed by atoms with Gasteiger partial charge in [-0.25, -0.2) is 0 Å². The monoisotopic (exact) mass is 206 g/mol. The van der Waals surface area contributed by atoms with Gasteiger partial charge in [0.1, 0.15) is 0 Å². The summed E-state index contributed by atoms with van der Waals surface area (Å²) in [7, 11) is 0. The van der Waals surface area contributed by atoms with Gasteiger partial charge in [-0.15, -0.1) is 0 Å². The lowest BCUT2D eigenvalue weighted by Crippen LogP contribution is -2.25. The zero-order valence-corrected chi connectivity index (χ0v) is 10.0. The first-order valence-corrected chi connectivity index (χ1v) is 5.92. The van der Waals surface area contributed by atoms with Crippen molar-refractivity contribution in [3.05, 3.63) is 30.1 Å². The molecule has 0 aliphatic rings. The molecule has 1 rings (SSSR count). The Morgan fingerprint density at radius 1 is 1.27 bits per heavy atom. The minimum Gasteiger partial charge on any atom is -0.309 e. The van der Waals surface area contributed by atoms with Crippen LogP contribution in [0.2, 0.25) is 0 Å². The molecule has 1 heterocycles. The Kier molecular flexibility index (Phi) is 5.33. The van der Waals surface area contributed by atoms with E-state index in [1.807, 2.05) is 18.3 Å². The highest BCUT2D eigenvalue weighted by atomic mass is 14.9. The van der Waals surface area contributed by atoms with Crippen molar-refractivity contribution in [2.45, 2.75) is 39.7 Å². The van der Waals surface area contributed by atoms with Crippen LogP contribution in [0.3, 0.4) is 0 Å². The predicted molar refractivity (Wildman–Crippen MR) is 64.7 cm³/mol. The first-order chi connectivity index (χ1) is 7.27. The molecule has 0 saturated heterocycles. The summed E-state index contributed by atoms with van der Waals surface area (Å²) >= 11 is 0. The summed E-state index contributed by atoms with van der Waals surface area (Å²) in [4.78, 5) is 4.35. The van der Waals surface area contributed by atoms with Crippen LogP contribution in [0.5, 0.6) is 0 Å². The lowest BCUT2D eigenvalue weighted by Gasteiger charge is -2.18. The predicted octanol–water partition coefficient (Wildman–Crippen LogP) is 3.17. The number of hydrogen-bond acceptors (Lipinski definition) is 2.